The molecule has 0 aliphatic heterocycles. The van der Waals surface area contributed by atoms with Gasteiger partial charge in [-0.05, 0) is 6.92 Å². The molecular formula is C10H11ClN2O5. The van der Waals surface area contributed by atoms with Crippen molar-refractivity contribution in [3.63, 3.8) is 0 Å². The molecule has 7 nitrogen and oxygen atoms in total. The van der Waals surface area contributed by atoms with Gasteiger partial charge in [0.15, 0.2) is 5.78 Å². The maximum atomic E-state index is 11.5. The van der Waals surface area contributed by atoms with E-state index in [4.69, 9.17) is 11.6 Å². The van der Waals surface area contributed by atoms with Crippen LogP contribution in [-0.2, 0) is 20.9 Å². The number of halogens is 1. The minimum absolute atomic E-state index is 0.177. The first-order chi connectivity index (χ1) is 8.43. The molecule has 1 N–H and O–H groups in total. The quantitative estimate of drug-likeness (QED) is 0.588. The van der Waals surface area contributed by atoms with Crippen molar-refractivity contribution < 1.29 is 14.3 Å². The van der Waals surface area contributed by atoms with Gasteiger partial charge in [0.1, 0.15) is 11.4 Å². The molecule has 0 aromatic carbocycles. The molecule has 8 heteroatoms. The largest absolute Gasteiger partial charge is 0.466 e. The van der Waals surface area contributed by atoms with Gasteiger partial charge in [-0.3, -0.25) is 23.9 Å². The predicted octanol–water partition coefficient (Wildman–Crippen LogP) is -0.288. The highest BCUT2D eigenvalue weighted by Gasteiger charge is 2.12. The third kappa shape index (κ3) is 3.85. The molecule has 0 aliphatic rings. The van der Waals surface area contributed by atoms with E-state index in [1.807, 2.05) is 4.98 Å². The van der Waals surface area contributed by atoms with Gasteiger partial charge in [0.05, 0.1) is 13.2 Å². The van der Waals surface area contributed by atoms with Gasteiger partial charge in [-0.15, -0.1) is 0 Å². The van der Waals surface area contributed by atoms with E-state index in [1.54, 1.807) is 6.92 Å². The van der Waals surface area contributed by atoms with E-state index >= 15 is 0 Å². The normalized spacial score (nSPS) is 10.1. The lowest BCUT2D eigenvalue weighted by Gasteiger charge is -2.04. The predicted molar refractivity (Wildman–Crippen MR) is 62.6 cm³/mol. The summed E-state index contributed by atoms with van der Waals surface area (Å²) >= 11 is 5.52. The fraction of sp³-hybridized carbons (Fsp3) is 0.400. The number of hydrogen-bond donors (Lipinski definition) is 1. The summed E-state index contributed by atoms with van der Waals surface area (Å²) in [6.07, 6.45) is 0.614. The van der Waals surface area contributed by atoms with Gasteiger partial charge < -0.3 is 4.74 Å². The molecule has 1 aromatic rings. The van der Waals surface area contributed by atoms with Crippen molar-refractivity contribution in [2.24, 2.45) is 0 Å². The van der Waals surface area contributed by atoms with E-state index in [0.717, 1.165) is 10.8 Å². The summed E-state index contributed by atoms with van der Waals surface area (Å²) in [6.45, 7) is 1.44. The summed E-state index contributed by atoms with van der Waals surface area (Å²) in [4.78, 5) is 46.7. The number of Topliss-reactive ketones (excluding diaryl/α,β-unsaturated/α-hetero) is 1. The van der Waals surface area contributed by atoms with Crippen LogP contribution in [0.2, 0.25) is 5.02 Å². The number of ketones is 1. The van der Waals surface area contributed by atoms with Crippen LogP contribution >= 0.6 is 11.6 Å². The van der Waals surface area contributed by atoms with Crippen LogP contribution in [0.15, 0.2) is 15.8 Å². The van der Waals surface area contributed by atoms with E-state index in [2.05, 4.69) is 4.74 Å². The number of aromatic amines is 1. The zero-order chi connectivity index (χ0) is 13.7. The molecule has 1 rings (SSSR count). The molecule has 0 spiro atoms. The lowest BCUT2D eigenvalue weighted by atomic mass is 10.3. The van der Waals surface area contributed by atoms with E-state index in [0.29, 0.717) is 0 Å². The molecule has 0 bridgehead atoms. The topological polar surface area (TPSA) is 98.2 Å². The Morgan fingerprint density at radius 1 is 1.44 bits per heavy atom. The highest BCUT2D eigenvalue weighted by Crippen LogP contribution is 1.97. The van der Waals surface area contributed by atoms with Crippen molar-refractivity contribution >= 4 is 23.4 Å². The summed E-state index contributed by atoms with van der Waals surface area (Å²) in [5, 5.41) is -0.210. The SMILES string of the molecule is CCOC(=O)CC(=O)Cn1cc(Cl)c(=O)[nH]c1=O. The lowest BCUT2D eigenvalue weighted by molar-refractivity contribution is -0.145. The van der Waals surface area contributed by atoms with E-state index < -0.39 is 29.4 Å². The Kier molecular flexibility index (Phi) is 4.85. The Hall–Kier alpha value is -1.89. The number of carbonyl (C=O) groups is 2. The van der Waals surface area contributed by atoms with Crippen LogP contribution in [0, 0.1) is 0 Å². The summed E-state index contributed by atoms with van der Waals surface area (Å²) in [7, 11) is 0. The molecule has 0 fully saturated rings. The van der Waals surface area contributed by atoms with Crippen molar-refractivity contribution in [2.75, 3.05) is 6.61 Å². The third-order valence-electron chi connectivity index (χ3n) is 1.96. The Bertz CT molecular complexity index is 574. The number of hydrogen-bond acceptors (Lipinski definition) is 5. The lowest BCUT2D eigenvalue weighted by Crippen LogP contribution is -2.32. The minimum atomic E-state index is -0.762. The summed E-state index contributed by atoms with van der Waals surface area (Å²) in [5.41, 5.74) is -1.49. The summed E-state index contributed by atoms with van der Waals surface area (Å²) < 4.78 is 5.51. The molecule has 1 heterocycles. The highest BCUT2D eigenvalue weighted by atomic mass is 35.5. The second-order valence-electron chi connectivity index (χ2n) is 3.38. The maximum Gasteiger partial charge on any atom is 0.328 e. The average molecular weight is 275 g/mol. The van der Waals surface area contributed by atoms with Crippen LogP contribution in [0.3, 0.4) is 0 Å². The number of nitrogens with one attached hydrogen (secondary N) is 1. The number of nitrogens with zero attached hydrogens (tertiary/aromatic N) is 1. The molecule has 0 saturated heterocycles. The summed E-state index contributed by atoms with van der Waals surface area (Å²) in [5.74, 6) is -1.18. The Morgan fingerprint density at radius 2 is 2.11 bits per heavy atom. The smallest absolute Gasteiger partial charge is 0.328 e. The number of H-pyrrole nitrogens is 1. The zero-order valence-corrected chi connectivity index (χ0v) is 10.3. The Morgan fingerprint density at radius 3 is 2.72 bits per heavy atom. The van der Waals surface area contributed by atoms with E-state index in [-0.39, 0.29) is 18.2 Å². The van der Waals surface area contributed by atoms with E-state index in [1.165, 1.54) is 0 Å². The summed E-state index contributed by atoms with van der Waals surface area (Å²) in [6, 6.07) is 0. The van der Waals surface area contributed by atoms with Crippen molar-refractivity contribution in [2.45, 2.75) is 19.9 Å². The van der Waals surface area contributed by atoms with Crippen molar-refractivity contribution in [3.8, 4) is 0 Å². The molecule has 0 aliphatic carbocycles. The maximum absolute atomic E-state index is 11.5. The van der Waals surface area contributed by atoms with Gasteiger partial charge in [-0.2, -0.15) is 0 Å². The van der Waals surface area contributed by atoms with Crippen LogP contribution in [0.1, 0.15) is 13.3 Å². The Labute approximate surface area is 106 Å². The standard InChI is InChI=1S/C10H11ClN2O5/c1-2-18-8(15)3-6(14)4-13-5-7(11)9(16)12-10(13)17/h5H,2-4H2,1H3,(H,12,16,17). The second-order valence-corrected chi connectivity index (χ2v) is 3.79. The van der Waals surface area contributed by atoms with Gasteiger partial charge in [0.25, 0.3) is 5.56 Å². The first-order valence-corrected chi connectivity index (χ1v) is 5.48. The van der Waals surface area contributed by atoms with Crippen molar-refractivity contribution in [1.82, 2.24) is 9.55 Å². The molecule has 0 radical (unpaired) electrons. The number of esters is 1. The van der Waals surface area contributed by atoms with Crippen molar-refractivity contribution in [1.29, 1.82) is 0 Å². The van der Waals surface area contributed by atoms with Crippen LogP contribution in [0.4, 0.5) is 0 Å². The molecule has 0 saturated carbocycles. The number of rotatable bonds is 5. The molecule has 98 valence electrons. The van der Waals surface area contributed by atoms with Crippen LogP contribution in [0.5, 0.6) is 0 Å². The van der Waals surface area contributed by atoms with Gasteiger partial charge >= 0.3 is 11.7 Å². The fourth-order valence-corrected chi connectivity index (χ4v) is 1.38. The first-order valence-electron chi connectivity index (χ1n) is 5.10. The van der Waals surface area contributed by atoms with E-state index in [9.17, 15) is 19.2 Å². The van der Waals surface area contributed by atoms with Gasteiger partial charge in [-0.1, -0.05) is 11.6 Å². The van der Waals surface area contributed by atoms with Gasteiger partial charge in [-0.25, -0.2) is 4.79 Å². The molecule has 18 heavy (non-hydrogen) atoms. The molecule has 0 unspecified atom stereocenters. The fourth-order valence-electron chi connectivity index (χ4n) is 1.22. The third-order valence-corrected chi connectivity index (χ3v) is 2.23. The molecule has 0 atom stereocenters. The molecule has 0 amide bonds. The van der Waals surface area contributed by atoms with Crippen LogP contribution in [0.25, 0.3) is 0 Å². The number of ether oxygens (including phenoxy) is 1. The first kappa shape index (κ1) is 14.2. The minimum Gasteiger partial charge on any atom is -0.466 e. The average Bonchev–Trinajstić information content (AvgIpc) is 2.26. The number of carbonyl (C=O) groups excluding carboxylic acids is 2. The second kappa shape index (κ2) is 6.15. The highest BCUT2D eigenvalue weighted by molar-refractivity contribution is 6.30. The number of aromatic nitrogens is 2. The van der Waals surface area contributed by atoms with Crippen LogP contribution < -0.4 is 11.2 Å². The van der Waals surface area contributed by atoms with Crippen molar-refractivity contribution in [3.05, 3.63) is 32.1 Å². The van der Waals surface area contributed by atoms with Crippen LogP contribution in [-0.4, -0.2) is 27.9 Å². The molecule has 1 aromatic heterocycles. The molecular weight excluding hydrogens is 264 g/mol. The monoisotopic (exact) mass is 274 g/mol. The van der Waals surface area contributed by atoms with Gasteiger partial charge in [0.2, 0.25) is 0 Å². The zero-order valence-electron chi connectivity index (χ0n) is 9.57. The van der Waals surface area contributed by atoms with Gasteiger partial charge in [0, 0.05) is 6.20 Å². The Balaban J connectivity index is 2.77.